The first-order chi connectivity index (χ1) is 13.4. The summed E-state index contributed by atoms with van der Waals surface area (Å²) >= 11 is 1.58. The molecule has 0 radical (unpaired) electrons. The molecule has 2 rings (SSSR count). The Morgan fingerprint density at radius 1 is 1.32 bits per heavy atom. The van der Waals surface area contributed by atoms with Gasteiger partial charge in [0.1, 0.15) is 12.6 Å². The van der Waals surface area contributed by atoms with Crippen LogP contribution in [0.5, 0.6) is 0 Å². The molecule has 1 aliphatic heterocycles. The topological polar surface area (TPSA) is 95.9 Å². The van der Waals surface area contributed by atoms with E-state index in [9.17, 15) is 14.4 Å². The van der Waals surface area contributed by atoms with E-state index in [-0.39, 0.29) is 25.1 Å². The van der Waals surface area contributed by atoms with Gasteiger partial charge in [0.15, 0.2) is 0 Å². The van der Waals surface area contributed by atoms with Crippen LogP contribution in [0.15, 0.2) is 30.3 Å². The number of carbonyl (C=O) groups is 3. The summed E-state index contributed by atoms with van der Waals surface area (Å²) in [6, 6.07) is 8.37. The molecule has 0 aromatic heterocycles. The van der Waals surface area contributed by atoms with Gasteiger partial charge < -0.3 is 14.7 Å². The number of benzene rings is 1. The summed E-state index contributed by atoms with van der Waals surface area (Å²) < 4.78 is 5.19. The third-order valence-electron chi connectivity index (χ3n) is 4.60. The van der Waals surface area contributed by atoms with E-state index >= 15 is 0 Å². The van der Waals surface area contributed by atoms with Crippen LogP contribution >= 0.6 is 11.8 Å². The molecule has 3 unspecified atom stereocenters. The summed E-state index contributed by atoms with van der Waals surface area (Å²) in [7, 11) is 0. The zero-order chi connectivity index (χ0) is 20.5. The Morgan fingerprint density at radius 3 is 2.68 bits per heavy atom. The fraction of sp³-hybridized carbons (Fsp3) is 0.550. The van der Waals surface area contributed by atoms with Gasteiger partial charge in [-0.15, -0.1) is 0 Å². The highest BCUT2D eigenvalue weighted by molar-refractivity contribution is 7.99. The predicted molar refractivity (Wildman–Crippen MR) is 108 cm³/mol. The zero-order valence-electron chi connectivity index (χ0n) is 16.3. The van der Waals surface area contributed by atoms with Crippen molar-refractivity contribution in [3.8, 4) is 0 Å². The summed E-state index contributed by atoms with van der Waals surface area (Å²) in [6.45, 7) is 3.51. The van der Waals surface area contributed by atoms with E-state index < -0.39 is 24.0 Å². The van der Waals surface area contributed by atoms with Crippen molar-refractivity contribution in [3.05, 3.63) is 35.9 Å². The summed E-state index contributed by atoms with van der Waals surface area (Å²) in [4.78, 5) is 37.9. The fourth-order valence-electron chi connectivity index (χ4n) is 3.14. The molecule has 1 aromatic rings. The second-order valence-electron chi connectivity index (χ2n) is 6.79. The van der Waals surface area contributed by atoms with E-state index in [1.54, 1.807) is 18.7 Å². The number of esters is 1. The first-order valence-corrected chi connectivity index (χ1v) is 10.6. The number of hydrogen-bond donors (Lipinski definition) is 2. The van der Waals surface area contributed by atoms with Gasteiger partial charge in [-0.1, -0.05) is 30.3 Å². The largest absolute Gasteiger partial charge is 0.480 e. The smallest absolute Gasteiger partial charge is 0.323 e. The molecule has 3 atom stereocenters. The molecule has 8 heteroatoms. The molecule has 0 bridgehead atoms. The maximum atomic E-state index is 12.9. The molecule has 1 aliphatic rings. The molecule has 1 fully saturated rings. The molecule has 0 spiro atoms. The Hall–Kier alpha value is -2.06. The fourth-order valence-corrected chi connectivity index (χ4v) is 4.28. The van der Waals surface area contributed by atoms with Crippen LogP contribution in [0.4, 0.5) is 0 Å². The third-order valence-corrected chi connectivity index (χ3v) is 5.89. The lowest BCUT2D eigenvalue weighted by Gasteiger charge is -2.29. The molecular formula is C20H28N2O5S. The van der Waals surface area contributed by atoms with E-state index in [4.69, 9.17) is 9.84 Å². The molecule has 2 N–H and O–H groups in total. The maximum Gasteiger partial charge on any atom is 0.323 e. The van der Waals surface area contributed by atoms with Gasteiger partial charge in [-0.25, -0.2) is 0 Å². The highest BCUT2D eigenvalue weighted by Crippen LogP contribution is 2.19. The Balaban J connectivity index is 2.10. The van der Waals surface area contributed by atoms with Crippen LogP contribution in [0, 0.1) is 0 Å². The van der Waals surface area contributed by atoms with Crippen LogP contribution in [0.25, 0.3) is 0 Å². The van der Waals surface area contributed by atoms with Gasteiger partial charge in [-0.2, -0.15) is 11.8 Å². The highest BCUT2D eigenvalue weighted by atomic mass is 32.2. The van der Waals surface area contributed by atoms with Crippen LogP contribution in [0.2, 0.25) is 0 Å². The van der Waals surface area contributed by atoms with Crippen molar-refractivity contribution in [3.63, 3.8) is 0 Å². The first-order valence-electron chi connectivity index (χ1n) is 9.49. The Bertz CT molecular complexity index is 670. The lowest BCUT2D eigenvalue weighted by molar-refractivity contribution is -0.148. The van der Waals surface area contributed by atoms with E-state index in [2.05, 4.69) is 5.32 Å². The predicted octanol–water partition coefficient (Wildman–Crippen LogP) is 1.56. The lowest BCUT2D eigenvalue weighted by Crippen LogP contribution is -2.55. The van der Waals surface area contributed by atoms with Gasteiger partial charge in [0, 0.05) is 17.5 Å². The molecule has 1 aromatic carbocycles. The number of aryl methyl sites for hydroxylation is 1. The number of carboxylic acids is 1. The number of hydrogen-bond acceptors (Lipinski definition) is 6. The van der Waals surface area contributed by atoms with Crippen LogP contribution < -0.4 is 5.32 Å². The number of ether oxygens (including phenoxy) is 1. The number of nitrogens with zero attached hydrogens (tertiary/aromatic N) is 1. The van der Waals surface area contributed by atoms with Crippen LogP contribution in [-0.2, 0) is 25.5 Å². The summed E-state index contributed by atoms with van der Waals surface area (Å²) in [5, 5.41) is 12.3. The van der Waals surface area contributed by atoms with Gasteiger partial charge in [0.2, 0.25) is 5.91 Å². The Morgan fingerprint density at radius 2 is 2.04 bits per heavy atom. The zero-order valence-corrected chi connectivity index (χ0v) is 17.1. The number of rotatable bonds is 9. The van der Waals surface area contributed by atoms with Crippen LogP contribution in [0.3, 0.4) is 0 Å². The van der Waals surface area contributed by atoms with Gasteiger partial charge in [0.25, 0.3) is 0 Å². The molecule has 28 heavy (non-hydrogen) atoms. The standard InChI is InChI=1S/C20H28N2O5S/c1-3-27-20(26)16(10-9-15-7-5-4-6-8-15)21-17-13-28-12-14(2)22(19(17)25)11-18(23)24/h4-8,14,16-17,21H,3,9-13H2,1-2H3,(H,23,24). The quantitative estimate of drug-likeness (QED) is 0.599. The highest BCUT2D eigenvalue weighted by Gasteiger charge is 2.35. The van der Waals surface area contributed by atoms with Crippen molar-refractivity contribution in [2.24, 2.45) is 0 Å². The minimum atomic E-state index is -1.04. The molecule has 0 saturated carbocycles. The van der Waals surface area contributed by atoms with Crippen molar-refractivity contribution in [1.29, 1.82) is 0 Å². The van der Waals surface area contributed by atoms with Crippen molar-refractivity contribution in [1.82, 2.24) is 10.2 Å². The molecule has 1 heterocycles. The molecule has 0 aliphatic carbocycles. The second kappa shape index (κ2) is 11.1. The van der Waals surface area contributed by atoms with E-state index in [0.717, 1.165) is 5.56 Å². The van der Waals surface area contributed by atoms with E-state index in [1.807, 2.05) is 37.3 Å². The molecule has 1 amide bonds. The lowest BCUT2D eigenvalue weighted by atomic mass is 10.0. The Labute approximate surface area is 169 Å². The molecular weight excluding hydrogens is 380 g/mol. The summed E-state index contributed by atoms with van der Waals surface area (Å²) in [5.74, 6) is -0.574. The third kappa shape index (κ3) is 6.53. The van der Waals surface area contributed by atoms with Crippen molar-refractivity contribution in [2.45, 2.75) is 44.8 Å². The molecule has 7 nitrogen and oxygen atoms in total. The first kappa shape index (κ1) is 22.2. The average molecular weight is 409 g/mol. The average Bonchev–Trinajstić information content (AvgIpc) is 2.79. The normalized spacial score (nSPS) is 21.1. The number of carboxylic acid groups (broad SMARTS) is 1. The van der Waals surface area contributed by atoms with E-state index in [1.165, 1.54) is 4.90 Å². The van der Waals surface area contributed by atoms with Crippen molar-refractivity contribution < 1.29 is 24.2 Å². The number of aliphatic carboxylic acids is 1. The summed E-state index contributed by atoms with van der Waals surface area (Å²) in [5.41, 5.74) is 1.10. The van der Waals surface area contributed by atoms with Crippen molar-refractivity contribution in [2.75, 3.05) is 24.7 Å². The maximum absolute atomic E-state index is 12.9. The number of nitrogens with one attached hydrogen (secondary N) is 1. The van der Waals surface area contributed by atoms with Crippen LogP contribution in [0.1, 0.15) is 25.8 Å². The monoisotopic (exact) mass is 408 g/mol. The number of carbonyl (C=O) groups excluding carboxylic acids is 2. The molecule has 1 saturated heterocycles. The van der Waals surface area contributed by atoms with Gasteiger partial charge >= 0.3 is 11.9 Å². The second-order valence-corrected chi connectivity index (χ2v) is 7.87. The van der Waals surface area contributed by atoms with E-state index in [0.29, 0.717) is 24.3 Å². The Kier molecular flexibility index (Phi) is 8.79. The van der Waals surface area contributed by atoms with Crippen molar-refractivity contribution >= 4 is 29.6 Å². The summed E-state index contributed by atoms with van der Waals surface area (Å²) in [6.07, 6.45) is 1.16. The minimum absolute atomic E-state index is 0.175. The van der Waals surface area contributed by atoms with Gasteiger partial charge in [0.05, 0.1) is 12.6 Å². The molecule has 154 valence electrons. The number of thioether (sulfide) groups is 1. The number of amides is 1. The van der Waals surface area contributed by atoms with Gasteiger partial charge in [-0.3, -0.25) is 19.7 Å². The minimum Gasteiger partial charge on any atom is -0.480 e. The SMILES string of the molecule is CCOC(=O)C(CCc1ccccc1)NC1CSCC(C)N(CC(=O)O)C1=O. The van der Waals surface area contributed by atoms with Gasteiger partial charge in [-0.05, 0) is 32.3 Å². The van der Waals surface area contributed by atoms with Crippen LogP contribution in [-0.4, -0.2) is 70.6 Å².